The zero-order valence-electron chi connectivity index (χ0n) is 15.9. The van der Waals surface area contributed by atoms with Gasteiger partial charge in [-0.25, -0.2) is 4.79 Å². The van der Waals surface area contributed by atoms with Crippen LogP contribution in [-0.2, 0) is 9.47 Å². The Balaban J connectivity index is 1.46. The third-order valence-electron chi connectivity index (χ3n) is 4.79. The van der Waals surface area contributed by atoms with E-state index in [0.29, 0.717) is 37.6 Å². The molecule has 2 heterocycles. The van der Waals surface area contributed by atoms with Crippen molar-refractivity contribution in [1.82, 2.24) is 0 Å². The minimum absolute atomic E-state index is 0.00360. The van der Waals surface area contributed by atoms with Crippen molar-refractivity contribution < 1.29 is 28.4 Å². The molecule has 3 aromatic rings. The zero-order chi connectivity index (χ0) is 21.1. The number of Topliss-reactive ketones (excluding diaryl/α,β-unsaturated/α-hetero) is 1. The molecule has 0 N–H and O–H groups in total. The maximum Gasteiger partial charge on any atom is 0.338 e. The van der Waals surface area contributed by atoms with Crippen LogP contribution < -0.4 is 4.90 Å². The van der Waals surface area contributed by atoms with Gasteiger partial charge in [-0.15, -0.1) is 0 Å². The molecule has 1 aliphatic rings. The normalized spacial score (nSPS) is 13.9. The number of hydrogen-bond acceptors (Lipinski definition) is 8. The van der Waals surface area contributed by atoms with Gasteiger partial charge in [-0.2, -0.15) is 0 Å². The number of para-hydroxylation sites is 1. The molecular weight excluding hydrogens is 392 g/mol. The van der Waals surface area contributed by atoms with E-state index in [9.17, 15) is 19.7 Å². The monoisotopic (exact) mass is 410 g/mol. The second-order valence-corrected chi connectivity index (χ2v) is 6.71. The third-order valence-corrected chi connectivity index (χ3v) is 4.79. The average Bonchev–Trinajstić information content (AvgIpc) is 3.22. The summed E-state index contributed by atoms with van der Waals surface area (Å²) >= 11 is 0. The highest BCUT2D eigenvalue weighted by Crippen LogP contribution is 2.30. The molecule has 30 heavy (non-hydrogen) atoms. The summed E-state index contributed by atoms with van der Waals surface area (Å²) in [4.78, 5) is 37.4. The standard InChI is InChI=1S/C21H18N2O7/c24-18(20-12-14-3-1-2-4-19(14)30-20)13-29-21(25)15-5-6-16(17(11-15)23(26)27)22-7-9-28-10-8-22/h1-6,11-12H,7-10,13H2. The predicted octanol–water partition coefficient (Wildman–Crippen LogP) is 3.22. The van der Waals surface area contributed by atoms with E-state index < -0.39 is 23.3 Å². The Morgan fingerprint density at radius 2 is 1.87 bits per heavy atom. The van der Waals surface area contributed by atoms with Crippen LogP contribution in [0.1, 0.15) is 20.9 Å². The number of nitro groups is 1. The first kappa shape index (κ1) is 19.6. The van der Waals surface area contributed by atoms with Gasteiger partial charge in [0.25, 0.3) is 5.69 Å². The Labute approximate surface area is 170 Å². The van der Waals surface area contributed by atoms with E-state index in [4.69, 9.17) is 13.9 Å². The molecule has 0 atom stereocenters. The molecule has 1 fully saturated rings. The number of benzene rings is 2. The number of morpholine rings is 1. The Morgan fingerprint density at radius 3 is 2.60 bits per heavy atom. The van der Waals surface area contributed by atoms with Crippen LogP contribution in [0.25, 0.3) is 11.0 Å². The fourth-order valence-corrected chi connectivity index (χ4v) is 3.27. The maximum atomic E-state index is 12.4. The zero-order valence-corrected chi connectivity index (χ0v) is 15.9. The van der Waals surface area contributed by atoms with E-state index in [0.717, 1.165) is 5.39 Å². The number of hydrogen-bond donors (Lipinski definition) is 0. The quantitative estimate of drug-likeness (QED) is 0.264. The summed E-state index contributed by atoms with van der Waals surface area (Å²) in [6, 6.07) is 12.8. The summed E-state index contributed by atoms with van der Waals surface area (Å²) in [5.41, 5.74) is 0.769. The summed E-state index contributed by atoms with van der Waals surface area (Å²) in [6.45, 7) is 1.47. The summed E-state index contributed by atoms with van der Waals surface area (Å²) in [5.74, 6) is -1.24. The van der Waals surface area contributed by atoms with Crippen LogP contribution in [0.3, 0.4) is 0 Å². The Hall–Kier alpha value is -3.72. The first-order valence-electron chi connectivity index (χ1n) is 9.33. The maximum absolute atomic E-state index is 12.4. The van der Waals surface area contributed by atoms with Crippen molar-refractivity contribution in [3.05, 3.63) is 70.0 Å². The predicted molar refractivity (Wildman–Crippen MR) is 107 cm³/mol. The molecule has 0 aliphatic carbocycles. The lowest BCUT2D eigenvalue weighted by atomic mass is 10.1. The van der Waals surface area contributed by atoms with Crippen molar-refractivity contribution in [3.8, 4) is 0 Å². The lowest BCUT2D eigenvalue weighted by Crippen LogP contribution is -2.36. The number of fused-ring (bicyclic) bond motifs is 1. The van der Waals surface area contributed by atoms with Crippen molar-refractivity contribution in [3.63, 3.8) is 0 Å². The number of ether oxygens (including phenoxy) is 2. The van der Waals surface area contributed by atoms with Gasteiger partial charge >= 0.3 is 5.97 Å². The summed E-state index contributed by atoms with van der Waals surface area (Å²) < 4.78 is 15.8. The van der Waals surface area contributed by atoms with E-state index in [1.54, 1.807) is 24.3 Å². The number of ketones is 1. The number of nitro benzene ring substituents is 1. The van der Waals surface area contributed by atoms with Crippen molar-refractivity contribution >= 4 is 34.1 Å². The summed E-state index contributed by atoms with van der Waals surface area (Å²) in [7, 11) is 0. The van der Waals surface area contributed by atoms with E-state index in [-0.39, 0.29) is 17.0 Å². The van der Waals surface area contributed by atoms with Crippen LogP contribution in [0.15, 0.2) is 52.9 Å². The molecule has 0 saturated carbocycles. The second-order valence-electron chi connectivity index (χ2n) is 6.71. The van der Waals surface area contributed by atoms with Gasteiger partial charge in [0.1, 0.15) is 11.3 Å². The summed E-state index contributed by atoms with van der Waals surface area (Å²) in [5, 5.41) is 12.3. The van der Waals surface area contributed by atoms with Gasteiger partial charge in [0, 0.05) is 24.5 Å². The van der Waals surface area contributed by atoms with Gasteiger partial charge in [-0.05, 0) is 24.3 Å². The number of anilines is 1. The highest BCUT2D eigenvalue weighted by molar-refractivity contribution is 6.00. The van der Waals surface area contributed by atoms with E-state index in [1.165, 1.54) is 18.2 Å². The smallest absolute Gasteiger partial charge is 0.338 e. The van der Waals surface area contributed by atoms with Gasteiger partial charge in [0.05, 0.1) is 23.7 Å². The number of rotatable bonds is 6. The van der Waals surface area contributed by atoms with Crippen LogP contribution in [-0.4, -0.2) is 49.6 Å². The fourth-order valence-electron chi connectivity index (χ4n) is 3.27. The van der Waals surface area contributed by atoms with Gasteiger partial charge < -0.3 is 18.8 Å². The van der Waals surface area contributed by atoms with Gasteiger partial charge in [-0.3, -0.25) is 14.9 Å². The minimum atomic E-state index is -0.823. The van der Waals surface area contributed by atoms with Gasteiger partial charge in [0.15, 0.2) is 12.4 Å². The lowest BCUT2D eigenvalue weighted by Gasteiger charge is -2.28. The summed E-state index contributed by atoms with van der Waals surface area (Å²) in [6.07, 6.45) is 0. The molecule has 9 heteroatoms. The van der Waals surface area contributed by atoms with E-state index in [1.807, 2.05) is 11.0 Å². The highest BCUT2D eigenvalue weighted by atomic mass is 16.6. The van der Waals surface area contributed by atoms with E-state index >= 15 is 0 Å². The topological polar surface area (TPSA) is 112 Å². The largest absolute Gasteiger partial charge is 0.454 e. The van der Waals surface area contributed by atoms with Gasteiger partial charge in [-0.1, -0.05) is 18.2 Å². The van der Waals surface area contributed by atoms with Crippen molar-refractivity contribution in [1.29, 1.82) is 0 Å². The highest BCUT2D eigenvalue weighted by Gasteiger charge is 2.24. The molecule has 9 nitrogen and oxygen atoms in total. The van der Waals surface area contributed by atoms with Crippen molar-refractivity contribution in [2.24, 2.45) is 0 Å². The number of carbonyl (C=O) groups excluding carboxylic acids is 2. The molecule has 1 aliphatic heterocycles. The fraction of sp³-hybridized carbons (Fsp3) is 0.238. The first-order valence-corrected chi connectivity index (χ1v) is 9.33. The van der Waals surface area contributed by atoms with Crippen LogP contribution in [0, 0.1) is 10.1 Å². The molecule has 0 unspecified atom stereocenters. The molecule has 1 saturated heterocycles. The molecule has 0 amide bonds. The average molecular weight is 410 g/mol. The molecule has 2 aromatic carbocycles. The molecule has 0 spiro atoms. The van der Waals surface area contributed by atoms with Gasteiger partial charge in [0.2, 0.25) is 5.78 Å². The lowest BCUT2D eigenvalue weighted by molar-refractivity contribution is -0.384. The number of esters is 1. The van der Waals surface area contributed by atoms with Crippen LogP contribution >= 0.6 is 0 Å². The second kappa shape index (κ2) is 8.34. The van der Waals surface area contributed by atoms with E-state index in [2.05, 4.69) is 0 Å². The van der Waals surface area contributed by atoms with Crippen LogP contribution in [0.4, 0.5) is 11.4 Å². The van der Waals surface area contributed by atoms with Crippen molar-refractivity contribution in [2.45, 2.75) is 0 Å². The number of carbonyl (C=O) groups is 2. The Kier molecular flexibility index (Phi) is 5.44. The first-order chi connectivity index (χ1) is 14.5. The molecular formula is C21H18N2O7. The van der Waals surface area contributed by atoms with Crippen LogP contribution in [0.5, 0.6) is 0 Å². The third kappa shape index (κ3) is 4.01. The van der Waals surface area contributed by atoms with Crippen molar-refractivity contribution in [2.75, 3.05) is 37.8 Å². The molecule has 154 valence electrons. The molecule has 0 bridgehead atoms. The SMILES string of the molecule is O=C(OCC(=O)c1cc2ccccc2o1)c1ccc(N2CCOCC2)c([N+](=O)[O-])c1. The number of furan rings is 1. The molecule has 1 aromatic heterocycles. The Bertz CT molecular complexity index is 1080. The van der Waals surface area contributed by atoms with Crippen LogP contribution in [0.2, 0.25) is 0 Å². The number of nitrogens with zero attached hydrogens (tertiary/aromatic N) is 2. The molecule has 0 radical (unpaired) electrons. The minimum Gasteiger partial charge on any atom is -0.454 e. The Morgan fingerprint density at radius 1 is 1.10 bits per heavy atom. The molecule has 4 rings (SSSR count).